The standard InChI is InChI=1S/C9H13N3O2/c1-6(13)12-3-2-9-7(5-12)8(4-10)11-14-9/h2-5,10H2,1H3. The summed E-state index contributed by atoms with van der Waals surface area (Å²) in [7, 11) is 0. The minimum atomic E-state index is 0.0832. The van der Waals surface area contributed by atoms with Gasteiger partial charge in [-0.1, -0.05) is 5.16 Å². The van der Waals surface area contributed by atoms with Crippen molar-refractivity contribution < 1.29 is 9.32 Å². The summed E-state index contributed by atoms with van der Waals surface area (Å²) in [5.41, 5.74) is 7.28. The quantitative estimate of drug-likeness (QED) is 0.686. The Morgan fingerprint density at radius 3 is 3.14 bits per heavy atom. The van der Waals surface area contributed by atoms with Crippen LogP contribution in [0.2, 0.25) is 0 Å². The summed E-state index contributed by atoms with van der Waals surface area (Å²) in [5.74, 6) is 0.961. The van der Waals surface area contributed by atoms with Gasteiger partial charge in [-0.05, 0) is 0 Å². The molecule has 0 saturated carbocycles. The van der Waals surface area contributed by atoms with Gasteiger partial charge in [0.1, 0.15) is 11.5 Å². The van der Waals surface area contributed by atoms with Crippen molar-refractivity contribution in [1.82, 2.24) is 10.1 Å². The Morgan fingerprint density at radius 2 is 2.50 bits per heavy atom. The van der Waals surface area contributed by atoms with Crippen LogP contribution in [0.4, 0.5) is 0 Å². The third-order valence-electron chi connectivity index (χ3n) is 2.55. The molecule has 0 radical (unpaired) electrons. The van der Waals surface area contributed by atoms with Crippen LogP contribution >= 0.6 is 0 Å². The first-order chi connectivity index (χ1) is 6.72. The monoisotopic (exact) mass is 195 g/mol. The smallest absolute Gasteiger partial charge is 0.219 e. The maximum absolute atomic E-state index is 11.2. The molecule has 0 bridgehead atoms. The summed E-state index contributed by atoms with van der Waals surface area (Å²) in [5, 5.41) is 3.87. The van der Waals surface area contributed by atoms with Gasteiger partial charge in [0, 0.05) is 32.0 Å². The number of nitrogens with zero attached hydrogens (tertiary/aromatic N) is 2. The highest BCUT2D eigenvalue weighted by atomic mass is 16.5. The third kappa shape index (κ3) is 1.39. The summed E-state index contributed by atoms with van der Waals surface area (Å²) < 4.78 is 5.14. The van der Waals surface area contributed by atoms with E-state index < -0.39 is 0 Å². The lowest BCUT2D eigenvalue weighted by atomic mass is 10.1. The van der Waals surface area contributed by atoms with Crippen molar-refractivity contribution >= 4 is 5.91 Å². The lowest BCUT2D eigenvalue weighted by Gasteiger charge is -2.24. The van der Waals surface area contributed by atoms with Crippen molar-refractivity contribution in [3.05, 3.63) is 17.0 Å². The second kappa shape index (κ2) is 3.42. The number of carbonyl (C=O) groups is 1. The van der Waals surface area contributed by atoms with Gasteiger partial charge in [-0.25, -0.2) is 0 Å². The Balaban J connectivity index is 2.27. The fraction of sp³-hybridized carbons (Fsp3) is 0.556. The van der Waals surface area contributed by atoms with Gasteiger partial charge in [-0.3, -0.25) is 4.79 Å². The van der Waals surface area contributed by atoms with E-state index >= 15 is 0 Å². The molecule has 0 spiro atoms. The van der Waals surface area contributed by atoms with Crippen LogP contribution in [0.5, 0.6) is 0 Å². The lowest BCUT2D eigenvalue weighted by molar-refractivity contribution is -0.129. The molecule has 0 aromatic carbocycles. The van der Waals surface area contributed by atoms with E-state index in [9.17, 15) is 4.79 Å². The first kappa shape index (κ1) is 9.21. The molecular formula is C9H13N3O2. The van der Waals surface area contributed by atoms with Crippen LogP contribution in [-0.2, 0) is 24.3 Å². The first-order valence-corrected chi connectivity index (χ1v) is 4.64. The van der Waals surface area contributed by atoms with Gasteiger partial charge in [-0.15, -0.1) is 0 Å². The number of rotatable bonds is 1. The van der Waals surface area contributed by atoms with E-state index in [1.165, 1.54) is 0 Å². The second-order valence-electron chi connectivity index (χ2n) is 3.43. The zero-order valence-electron chi connectivity index (χ0n) is 8.12. The van der Waals surface area contributed by atoms with Crippen molar-refractivity contribution in [2.24, 2.45) is 5.73 Å². The molecule has 1 aromatic heterocycles. The molecule has 0 aliphatic carbocycles. The lowest BCUT2D eigenvalue weighted by Crippen LogP contribution is -2.34. The molecule has 1 amide bonds. The van der Waals surface area contributed by atoms with Crippen LogP contribution < -0.4 is 5.73 Å². The minimum absolute atomic E-state index is 0.0832. The molecule has 0 fully saturated rings. The molecule has 0 unspecified atom stereocenters. The van der Waals surface area contributed by atoms with Gasteiger partial charge >= 0.3 is 0 Å². The van der Waals surface area contributed by atoms with E-state index in [1.807, 2.05) is 0 Å². The number of hydrogen-bond donors (Lipinski definition) is 1. The Hall–Kier alpha value is -1.36. The molecule has 76 valence electrons. The molecule has 2 heterocycles. The molecule has 1 aliphatic rings. The predicted octanol–water partition coefficient (Wildman–Crippen LogP) is 0.0379. The van der Waals surface area contributed by atoms with Crippen molar-refractivity contribution in [3.63, 3.8) is 0 Å². The minimum Gasteiger partial charge on any atom is -0.361 e. The maximum Gasteiger partial charge on any atom is 0.219 e. The Kier molecular flexibility index (Phi) is 2.25. The number of hydrogen-bond acceptors (Lipinski definition) is 4. The maximum atomic E-state index is 11.2. The van der Waals surface area contributed by atoms with Crippen LogP contribution in [0.15, 0.2) is 4.52 Å². The zero-order chi connectivity index (χ0) is 10.1. The SMILES string of the molecule is CC(=O)N1CCc2onc(CN)c2C1. The van der Waals surface area contributed by atoms with E-state index in [1.54, 1.807) is 11.8 Å². The summed E-state index contributed by atoms with van der Waals surface area (Å²) >= 11 is 0. The number of amides is 1. The molecular weight excluding hydrogens is 182 g/mol. The average Bonchev–Trinajstić information content (AvgIpc) is 2.59. The van der Waals surface area contributed by atoms with Crippen molar-refractivity contribution in [1.29, 1.82) is 0 Å². The second-order valence-corrected chi connectivity index (χ2v) is 3.43. The normalized spacial score (nSPS) is 15.4. The molecule has 0 saturated heterocycles. The zero-order valence-corrected chi connectivity index (χ0v) is 8.12. The number of fused-ring (bicyclic) bond motifs is 1. The molecule has 1 aromatic rings. The van der Waals surface area contributed by atoms with Gasteiger partial charge in [0.25, 0.3) is 0 Å². The van der Waals surface area contributed by atoms with E-state index in [2.05, 4.69) is 5.16 Å². The highest BCUT2D eigenvalue weighted by Crippen LogP contribution is 2.21. The van der Waals surface area contributed by atoms with E-state index in [0.29, 0.717) is 19.6 Å². The van der Waals surface area contributed by atoms with Crippen molar-refractivity contribution in [3.8, 4) is 0 Å². The van der Waals surface area contributed by atoms with Crippen LogP contribution in [0.25, 0.3) is 0 Å². The Morgan fingerprint density at radius 1 is 1.71 bits per heavy atom. The van der Waals surface area contributed by atoms with Gasteiger partial charge in [0.05, 0.1) is 6.54 Å². The van der Waals surface area contributed by atoms with E-state index in [4.69, 9.17) is 10.3 Å². The van der Waals surface area contributed by atoms with Crippen LogP contribution in [-0.4, -0.2) is 22.5 Å². The molecule has 1 aliphatic heterocycles. The Bertz CT molecular complexity index is 345. The largest absolute Gasteiger partial charge is 0.361 e. The number of nitrogens with two attached hydrogens (primary N) is 1. The van der Waals surface area contributed by atoms with Gasteiger partial charge in [0.2, 0.25) is 5.91 Å². The summed E-state index contributed by atoms with van der Waals surface area (Å²) in [4.78, 5) is 13.0. The van der Waals surface area contributed by atoms with Gasteiger partial charge < -0.3 is 15.2 Å². The molecule has 0 atom stereocenters. The summed E-state index contributed by atoms with van der Waals surface area (Å²) in [6.45, 7) is 3.23. The molecule has 14 heavy (non-hydrogen) atoms. The van der Waals surface area contributed by atoms with Crippen molar-refractivity contribution in [2.45, 2.75) is 26.4 Å². The predicted molar refractivity (Wildman–Crippen MR) is 49.2 cm³/mol. The molecule has 5 nitrogen and oxygen atoms in total. The molecule has 2 N–H and O–H groups in total. The number of carbonyl (C=O) groups excluding carboxylic acids is 1. The third-order valence-corrected chi connectivity index (χ3v) is 2.55. The topological polar surface area (TPSA) is 72.4 Å². The van der Waals surface area contributed by atoms with Gasteiger partial charge in [0.15, 0.2) is 0 Å². The van der Waals surface area contributed by atoms with Crippen molar-refractivity contribution in [2.75, 3.05) is 6.54 Å². The van der Waals surface area contributed by atoms with Crippen LogP contribution in [0.3, 0.4) is 0 Å². The fourth-order valence-corrected chi connectivity index (χ4v) is 1.69. The van der Waals surface area contributed by atoms with Crippen LogP contribution in [0, 0.1) is 0 Å². The molecule has 2 rings (SSSR count). The van der Waals surface area contributed by atoms with Crippen LogP contribution in [0.1, 0.15) is 23.9 Å². The Labute approximate surface area is 81.8 Å². The highest BCUT2D eigenvalue weighted by Gasteiger charge is 2.24. The molecule has 5 heteroatoms. The summed E-state index contributed by atoms with van der Waals surface area (Å²) in [6.07, 6.45) is 0.738. The summed E-state index contributed by atoms with van der Waals surface area (Å²) in [6, 6.07) is 0. The highest BCUT2D eigenvalue weighted by molar-refractivity contribution is 5.73. The fourth-order valence-electron chi connectivity index (χ4n) is 1.69. The first-order valence-electron chi connectivity index (χ1n) is 4.64. The van der Waals surface area contributed by atoms with Gasteiger partial charge in [-0.2, -0.15) is 0 Å². The number of aromatic nitrogens is 1. The van der Waals surface area contributed by atoms with E-state index in [-0.39, 0.29) is 5.91 Å². The van der Waals surface area contributed by atoms with E-state index in [0.717, 1.165) is 23.4 Å². The average molecular weight is 195 g/mol.